The minimum absolute atomic E-state index is 0.0526. The number of carbonyl (C=O) groups is 1. The van der Waals surface area contributed by atoms with Crippen LogP contribution in [-0.4, -0.2) is 42.5 Å². The topological polar surface area (TPSA) is 58.4 Å². The minimum atomic E-state index is -0.0526. The van der Waals surface area contributed by atoms with Gasteiger partial charge in [-0.15, -0.1) is 0 Å². The molecule has 1 rings (SSSR count). The molecule has 0 aromatic rings. The average molecular weight is 269 g/mol. The molecule has 19 heavy (non-hydrogen) atoms. The van der Waals surface area contributed by atoms with Crippen molar-refractivity contribution in [2.24, 2.45) is 11.7 Å². The third-order valence-corrected chi connectivity index (χ3v) is 4.43. The van der Waals surface area contributed by atoms with Crippen LogP contribution >= 0.6 is 0 Å². The van der Waals surface area contributed by atoms with Crippen molar-refractivity contribution in [3.63, 3.8) is 0 Å². The SMILES string of the molecule is CCCCNC(=O)C(C)N1CCC(CC)CC1CN. The summed E-state index contributed by atoms with van der Waals surface area (Å²) < 4.78 is 0. The number of hydrogen-bond acceptors (Lipinski definition) is 3. The molecule has 0 aliphatic carbocycles. The number of likely N-dealkylation sites (tertiary alicyclic amines) is 1. The lowest BCUT2D eigenvalue weighted by molar-refractivity contribution is -0.127. The van der Waals surface area contributed by atoms with Gasteiger partial charge in [0.1, 0.15) is 0 Å². The zero-order valence-electron chi connectivity index (χ0n) is 12.8. The van der Waals surface area contributed by atoms with Gasteiger partial charge in [0, 0.05) is 19.1 Å². The molecule has 3 atom stereocenters. The van der Waals surface area contributed by atoms with E-state index in [0.717, 1.165) is 38.3 Å². The Labute approximate surface area is 118 Å². The van der Waals surface area contributed by atoms with Crippen LogP contribution in [0.3, 0.4) is 0 Å². The van der Waals surface area contributed by atoms with Crippen molar-refractivity contribution in [1.82, 2.24) is 10.2 Å². The number of nitrogens with one attached hydrogen (secondary N) is 1. The summed E-state index contributed by atoms with van der Waals surface area (Å²) in [4.78, 5) is 14.4. The van der Waals surface area contributed by atoms with Crippen molar-refractivity contribution in [2.45, 2.75) is 65.0 Å². The first-order chi connectivity index (χ1) is 9.13. The van der Waals surface area contributed by atoms with Crippen molar-refractivity contribution in [1.29, 1.82) is 0 Å². The molecule has 0 saturated carbocycles. The molecular weight excluding hydrogens is 238 g/mol. The van der Waals surface area contributed by atoms with Crippen LogP contribution in [0.25, 0.3) is 0 Å². The molecule has 0 aromatic heterocycles. The first-order valence-corrected chi connectivity index (χ1v) is 7.87. The summed E-state index contributed by atoms with van der Waals surface area (Å²) in [6.07, 6.45) is 5.72. The highest BCUT2D eigenvalue weighted by molar-refractivity contribution is 5.81. The van der Waals surface area contributed by atoms with Gasteiger partial charge in [0.05, 0.1) is 6.04 Å². The molecule has 112 valence electrons. The predicted octanol–water partition coefficient (Wildman–Crippen LogP) is 1.74. The van der Waals surface area contributed by atoms with Gasteiger partial charge in [0.25, 0.3) is 0 Å². The Morgan fingerprint density at radius 2 is 2.21 bits per heavy atom. The average Bonchev–Trinajstić information content (AvgIpc) is 2.45. The number of hydrogen-bond donors (Lipinski definition) is 2. The Bertz CT molecular complexity index is 270. The number of nitrogens with two attached hydrogens (primary N) is 1. The molecule has 4 heteroatoms. The van der Waals surface area contributed by atoms with Crippen LogP contribution in [0.5, 0.6) is 0 Å². The largest absolute Gasteiger partial charge is 0.355 e. The van der Waals surface area contributed by atoms with Crippen LogP contribution in [-0.2, 0) is 4.79 Å². The van der Waals surface area contributed by atoms with Gasteiger partial charge in [-0.3, -0.25) is 9.69 Å². The van der Waals surface area contributed by atoms with Gasteiger partial charge in [-0.2, -0.15) is 0 Å². The lowest BCUT2D eigenvalue weighted by Gasteiger charge is -2.41. The summed E-state index contributed by atoms with van der Waals surface area (Å²) in [6, 6.07) is 0.314. The summed E-state index contributed by atoms with van der Waals surface area (Å²) >= 11 is 0. The molecule has 0 radical (unpaired) electrons. The van der Waals surface area contributed by atoms with Gasteiger partial charge in [-0.1, -0.05) is 26.7 Å². The van der Waals surface area contributed by atoms with E-state index in [1.807, 2.05) is 6.92 Å². The fourth-order valence-corrected chi connectivity index (χ4v) is 2.95. The molecule has 1 fully saturated rings. The van der Waals surface area contributed by atoms with Crippen LogP contribution in [0.15, 0.2) is 0 Å². The lowest BCUT2D eigenvalue weighted by atomic mass is 9.88. The smallest absolute Gasteiger partial charge is 0.237 e. The van der Waals surface area contributed by atoms with Crippen LogP contribution in [0.4, 0.5) is 0 Å². The first kappa shape index (κ1) is 16.4. The maximum absolute atomic E-state index is 12.1. The molecule has 4 nitrogen and oxygen atoms in total. The molecule has 1 aliphatic heterocycles. The monoisotopic (exact) mass is 269 g/mol. The van der Waals surface area contributed by atoms with Gasteiger partial charge in [0.15, 0.2) is 0 Å². The van der Waals surface area contributed by atoms with E-state index in [0.29, 0.717) is 12.6 Å². The highest BCUT2D eigenvalue weighted by Crippen LogP contribution is 2.26. The van der Waals surface area contributed by atoms with Crippen LogP contribution in [0.1, 0.15) is 52.9 Å². The molecule has 0 aromatic carbocycles. The van der Waals surface area contributed by atoms with Crippen molar-refractivity contribution in [2.75, 3.05) is 19.6 Å². The molecule has 1 aliphatic rings. The second-order valence-corrected chi connectivity index (χ2v) is 5.75. The summed E-state index contributed by atoms with van der Waals surface area (Å²) in [7, 11) is 0. The van der Waals surface area contributed by atoms with Crippen molar-refractivity contribution in [3.8, 4) is 0 Å². The number of unbranched alkanes of at least 4 members (excludes halogenated alkanes) is 1. The Kier molecular flexibility index (Phi) is 7.39. The minimum Gasteiger partial charge on any atom is -0.355 e. The van der Waals surface area contributed by atoms with Crippen molar-refractivity contribution < 1.29 is 4.79 Å². The molecule has 0 spiro atoms. The number of amides is 1. The van der Waals surface area contributed by atoms with Crippen LogP contribution in [0.2, 0.25) is 0 Å². The van der Waals surface area contributed by atoms with E-state index in [-0.39, 0.29) is 11.9 Å². The Morgan fingerprint density at radius 1 is 1.47 bits per heavy atom. The van der Waals surface area contributed by atoms with Crippen LogP contribution in [0, 0.1) is 5.92 Å². The van der Waals surface area contributed by atoms with E-state index >= 15 is 0 Å². The second kappa shape index (κ2) is 8.54. The summed E-state index contributed by atoms with van der Waals surface area (Å²) in [5.74, 6) is 0.932. The highest BCUT2D eigenvalue weighted by atomic mass is 16.2. The molecule has 1 amide bonds. The molecular formula is C15H31N3O. The third-order valence-electron chi connectivity index (χ3n) is 4.43. The molecule has 3 N–H and O–H groups in total. The van der Waals surface area contributed by atoms with E-state index in [1.54, 1.807) is 0 Å². The number of rotatable bonds is 7. The predicted molar refractivity (Wildman–Crippen MR) is 79.9 cm³/mol. The van der Waals surface area contributed by atoms with Crippen molar-refractivity contribution >= 4 is 5.91 Å². The number of nitrogens with zero attached hydrogens (tertiary/aromatic N) is 1. The number of carbonyl (C=O) groups excluding carboxylic acids is 1. The zero-order valence-corrected chi connectivity index (χ0v) is 12.8. The maximum Gasteiger partial charge on any atom is 0.237 e. The molecule has 3 unspecified atom stereocenters. The van der Waals surface area contributed by atoms with E-state index in [2.05, 4.69) is 24.1 Å². The molecule has 0 bridgehead atoms. The summed E-state index contributed by atoms with van der Waals surface area (Å²) in [6.45, 7) is 8.84. The fraction of sp³-hybridized carbons (Fsp3) is 0.933. The second-order valence-electron chi connectivity index (χ2n) is 5.75. The third kappa shape index (κ3) is 4.77. The lowest BCUT2D eigenvalue weighted by Crippen LogP contribution is -2.55. The first-order valence-electron chi connectivity index (χ1n) is 7.87. The van der Waals surface area contributed by atoms with Crippen LogP contribution < -0.4 is 11.1 Å². The normalized spacial score (nSPS) is 26.1. The van der Waals surface area contributed by atoms with Gasteiger partial charge in [-0.05, 0) is 38.6 Å². The Morgan fingerprint density at radius 3 is 2.79 bits per heavy atom. The standard InChI is InChI=1S/C15H31N3O/c1-4-6-8-17-15(19)12(3)18-9-7-13(5-2)10-14(18)11-16/h12-14H,4-11,16H2,1-3H3,(H,17,19). The quantitative estimate of drug-likeness (QED) is 0.692. The maximum atomic E-state index is 12.1. The zero-order chi connectivity index (χ0) is 14.3. The van der Waals surface area contributed by atoms with E-state index < -0.39 is 0 Å². The van der Waals surface area contributed by atoms with E-state index in [9.17, 15) is 4.79 Å². The molecule has 1 saturated heterocycles. The number of piperidine rings is 1. The summed E-state index contributed by atoms with van der Waals surface area (Å²) in [5.41, 5.74) is 5.90. The molecule has 1 heterocycles. The van der Waals surface area contributed by atoms with Crippen molar-refractivity contribution in [3.05, 3.63) is 0 Å². The van der Waals surface area contributed by atoms with Gasteiger partial charge >= 0.3 is 0 Å². The highest BCUT2D eigenvalue weighted by Gasteiger charge is 2.32. The Hall–Kier alpha value is -0.610. The van der Waals surface area contributed by atoms with E-state index in [4.69, 9.17) is 5.73 Å². The Balaban J connectivity index is 2.49. The van der Waals surface area contributed by atoms with Gasteiger partial charge < -0.3 is 11.1 Å². The van der Waals surface area contributed by atoms with Gasteiger partial charge in [0.2, 0.25) is 5.91 Å². The fourth-order valence-electron chi connectivity index (χ4n) is 2.95. The van der Waals surface area contributed by atoms with E-state index in [1.165, 1.54) is 12.8 Å². The summed E-state index contributed by atoms with van der Waals surface area (Å²) in [5, 5.41) is 3.03. The van der Waals surface area contributed by atoms with Gasteiger partial charge in [-0.25, -0.2) is 0 Å².